The Morgan fingerprint density at radius 1 is 1.26 bits per heavy atom. The molecular weight excluding hydrogens is 491 g/mol. The third-order valence-corrected chi connectivity index (χ3v) is 7.32. The summed E-state index contributed by atoms with van der Waals surface area (Å²) in [5.74, 6) is 0. The number of aromatic nitrogens is 2. The van der Waals surface area contributed by atoms with Gasteiger partial charge in [-0.2, -0.15) is 0 Å². The van der Waals surface area contributed by atoms with Crippen molar-refractivity contribution in [2.75, 3.05) is 6.61 Å². The van der Waals surface area contributed by atoms with Crippen LogP contribution in [-0.2, 0) is 31.6 Å². The van der Waals surface area contributed by atoms with Crippen LogP contribution in [0.2, 0.25) is 0 Å². The van der Waals surface area contributed by atoms with E-state index < -0.39 is 59.7 Å². The number of aromatic amines is 1. The first-order valence-electron chi connectivity index (χ1n) is 7.85. The van der Waals surface area contributed by atoms with Crippen molar-refractivity contribution in [1.29, 1.82) is 0 Å². The van der Waals surface area contributed by atoms with Crippen LogP contribution in [0.15, 0.2) is 20.9 Å². The molecule has 21 heteroatoms. The van der Waals surface area contributed by atoms with Gasteiger partial charge in [0.1, 0.15) is 6.23 Å². The van der Waals surface area contributed by atoms with Crippen LogP contribution in [0.1, 0.15) is 18.2 Å². The highest BCUT2D eigenvalue weighted by atomic mass is 31.3. The molecule has 174 valence electrons. The lowest BCUT2D eigenvalue weighted by Gasteiger charge is -2.37. The van der Waals surface area contributed by atoms with Crippen LogP contribution in [0, 0.1) is 6.92 Å². The Balaban J connectivity index is 2.14. The Morgan fingerprint density at radius 2 is 1.90 bits per heavy atom. The molecule has 1 aliphatic rings. The topological polar surface area (TPSA) is 284 Å². The minimum atomic E-state index is -6.14. The molecule has 0 amide bonds. The van der Waals surface area contributed by atoms with Gasteiger partial charge in [-0.1, -0.05) is 5.11 Å². The van der Waals surface area contributed by atoms with Crippen LogP contribution in [-0.4, -0.2) is 28.3 Å². The van der Waals surface area contributed by atoms with E-state index in [1.165, 1.54) is 6.92 Å². The predicted molar refractivity (Wildman–Crippen MR) is 88.5 cm³/mol. The minimum Gasteiger partial charge on any atom is -0.790 e. The second kappa shape index (κ2) is 9.46. The third-order valence-electron chi connectivity index (χ3n) is 3.66. The molecule has 31 heavy (non-hydrogen) atoms. The van der Waals surface area contributed by atoms with Gasteiger partial charge in [-0.25, -0.2) is 9.11 Å². The summed E-state index contributed by atoms with van der Waals surface area (Å²) in [6, 6.07) is -1.10. The molecule has 1 saturated heterocycles. The number of nitrogens with zero attached hydrogens (tertiary/aromatic N) is 4. The maximum Gasteiger partial charge on any atom is 0.330 e. The molecule has 5 unspecified atom stereocenters. The van der Waals surface area contributed by atoms with E-state index in [9.17, 15) is 42.9 Å². The number of hydrogen-bond acceptors (Lipinski definition) is 14. The lowest BCUT2D eigenvalue weighted by molar-refractivity contribution is -0.339. The van der Waals surface area contributed by atoms with Crippen LogP contribution in [0.4, 0.5) is 0 Å². The molecule has 1 aromatic heterocycles. The lowest BCUT2D eigenvalue weighted by atomic mass is 10.1. The molecule has 1 N–H and O–H groups in total. The summed E-state index contributed by atoms with van der Waals surface area (Å²) in [6.45, 7) is 0.399. The zero-order valence-electron chi connectivity index (χ0n) is 15.2. The highest BCUT2D eigenvalue weighted by Gasteiger charge is 2.37. The van der Waals surface area contributed by atoms with Crippen molar-refractivity contribution in [2.45, 2.75) is 31.7 Å². The zero-order valence-corrected chi connectivity index (χ0v) is 17.8. The number of rotatable bonds is 9. The quantitative estimate of drug-likeness (QED) is 0.160. The van der Waals surface area contributed by atoms with E-state index in [1.54, 1.807) is 0 Å². The fourth-order valence-electron chi connectivity index (χ4n) is 2.47. The van der Waals surface area contributed by atoms with Crippen molar-refractivity contribution in [3.63, 3.8) is 0 Å². The summed E-state index contributed by atoms with van der Waals surface area (Å²) in [5, 5.41) is 3.37. The van der Waals surface area contributed by atoms with E-state index in [2.05, 4.69) is 23.2 Å². The minimum absolute atomic E-state index is 0.140. The first kappa shape index (κ1) is 25.6. The van der Waals surface area contributed by atoms with Gasteiger partial charge in [0.2, 0.25) is 0 Å². The van der Waals surface area contributed by atoms with Crippen LogP contribution < -0.4 is 30.8 Å². The smallest absolute Gasteiger partial charge is 0.330 e. The van der Waals surface area contributed by atoms with E-state index in [0.717, 1.165) is 10.8 Å². The van der Waals surface area contributed by atoms with Gasteiger partial charge in [-0.15, -0.1) is 0 Å². The lowest BCUT2D eigenvalue weighted by Crippen LogP contribution is -2.33. The van der Waals surface area contributed by atoms with Crippen LogP contribution in [0.5, 0.6) is 0 Å². The maximum atomic E-state index is 12.0. The number of aryl methyl sites for hydroxylation is 1. The average Bonchev–Trinajstić information content (AvgIpc) is 2.96. The summed E-state index contributed by atoms with van der Waals surface area (Å²) in [6.07, 6.45) is -1.48. The van der Waals surface area contributed by atoms with Gasteiger partial charge in [-0.3, -0.25) is 27.8 Å². The summed E-state index contributed by atoms with van der Waals surface area (Å²) in [7, 11) is -18.1. The first-order chi connectivity index (χ1) is 14.1. The highest BCUT2D eigenvalue weighted by molar-refractivity contribution is 7.64. The van der Waals surface area contributed by atoms with Gasteiger partial charge in [0.25, 0.3) is 21.2 Å². The van der Waals surface area contributed by atoms with Gasteiger partial charge in [0.05, 0.1) is 26.6 Å². The number of H-pyrrole nitrogens is 1. The molecule has 0 aliphatic carbocycles. The summed E-state index contributed by atoms with van der Waals surface area (Å²) in [4.78, 5) is 71.4. The third kappa shape index (κ3) is 7.47. The van der Waals surface area contributed by atoms with E-state index in [0.29, 0.717) is 0 Å². The Kier molecular flexibility index (Phi) is 7.82. The Hall–Kier alpha value is -1.64. The molecular formula is C10H12N5O13P3-4. The maximum absolute atomic E-state index is 12.0. The van der Waals surface area contributed by atoms with Crippen molar-refractivity contribution in [2.24, 2.45) is 5.11 Å². The Bertz CT molecular complexity index is 1140. The highest BCUT2D eigenvalue weighted by Crippen LogP contribution is 2.60. The molecule has 2 heterocycles. The van der Waals surface area contributed by atoms with Crippen LogP contribution in [0.3, 0.4) is 0 Å². The zero-order chi connectivity index (χ0) is 23.6. The number of phosphoric ester groups is 1. The SMILES string of the molecule is Cc1cn(C2CC(N=[N+]=[N-])C(COP(=O)([O-])OP(=O)([O-])OP(=O)([O-])[O-])O2)c(=O)[nH]c1=O. The van der Waals surface area contributed by atoms with Crippen molar-refractivity contribution in [3.8, 4) is 0 Å². The summed E-state index contributed by atoms with van der Waals surface area (Å²) < 4.78 is 50.2. The molecule has 0 aromatic carbocycles. The van der Waals surface area contributed by atoms with Crippen molar-refractivity contribution in [3.05, 3.63) is 43.0 Å². The largest absolute Gasteiger partial charge is 0.790 e. The normalized spacial score (nSPS) is 25.4. The van der Waals surface area contributed by atoms with Gasteiger partial charge in [-0.05, 0) is 12.5 Å². The van der Waals surface area contributed by atoms with Crippen molar-refractivity contribution < 1.29 is 51.2 Å². The van der Waals surface area contributed by atoms with Gasteiger partial charge < -0.3 is 33.4 Å². The first-order valence-corrected chi connectivity index (χ1v) is 12.2. The number of hydrogen-bond donors (Lipinski definition) is 1. The standard InChI is InChI=1S/C10H16N5O13P3/c1-5-3-15(10(17)12-9(5)16)8-2-6(13-14-11)7(26-8)4-25-30(21,22)28-31(23,24)27-29(18,19)20/h3,6-8H,2,4H2,1H3,(H,21,22)(H,23,24)(H,12,16,17)(H2,18,19,20)/p-4. The molecule has 1 aromatic rings. The molecule has 0 radical (unpaired) electrons. The molecule has 1 fully saturated rings. The monoisotopic (exact) mass is 503 g/mol. The molecule has 0 saturated carbocycles. The number of azide groups is 1. The second-order valence-corrected chi connectivity index (χ2v) is 10.2. The van der Waals surface area contributed by atoms with E-state index in [-0.39, 0.29) is 12.0 Å². The fraction of sp³-hybridized carbons (Fsp3) is 0.600. The Labute approximate surface area is 171 Å². The number of phosphoric acid groups is 3. The predicted octanol–water partition coefficient (Wildman–Crippen LogP) is -2.37. The van der Waals surface area contributed by atoms with Gasteiger partial charge in [0.15, 0.2) is 0 Å². The number of nitrogens with one attached hydrogen (secondary N) is 1. The van der Waals surface area contributed by atoms with E-state index in [4.69, 9.17) is 10.3 Å². The molecule has 0 bridgehead atoms. The molecule has 18 nitrogen and oxygen atoms in total. The fourth-order valence-corrected chi connectivity index (χ4v) is 5.34. The number of ether oxygens (including phenoxy) is 1. The van der Waals surface area contributed by atoms with Gasteiger partial charge in [0, 0.05) is 23.1 Å². The van der Waals surface area contributed by atoms with Crippen LogP contribution >= 0.6 is 23.5 Å². The summed E-state index contributed by atoms with van der Waals surface area (Å²) >= 11 is 0. The summed E-state index contributed by atoms with van der Waals surface area (Å²) in [5.41, 5.74) is 7.27. The van der Waals surface area contributed by atoms with Crippen LogP contribution in [0.25, 0.3) is 10.4 Å². The van der Waals surface area contributed by atoms with E-state index in [1.807, 2.05) is 4.98 Å². The molecule has 1 aliphatic heterocycles. The van der Waals surface area contributed by atoms with E-state index >= 15 is 0 Å². The molecule has 5 atom stereocenters. The molecule has 2 rings (SSSR count). The van der Waals surface area contributed by atoms with Crippen molar-refractivity contribution in [1.82, 2.24) is 9.55 Å². The second-order valence-electron chi connectivity index (χ2n) is 5.92. The molecule has 0 spiro atoms. The van der Waals surface area contributed by atoms with Crippen molar-refractivity contribution >= 4 is 23.5 Å². The Morgan fingerprint density at radius 3 is 2.48 bits per heavy atom. The van der Waals surface area contributed by atoms with Gasteiger partial charge >= 0.3 is 5.69 Å². The average molecular weight is 503 g/mol.